The van der Waals surface area contributed by atoms with Crippen molar-refractivity contribution in [3.63, 3.8) is 0 Å². The van der Waals surface area contributed by atoms with Gasteiger partial charge in [0, 0.05) is 6.54 Å². The van der Waals surface area contributed by atoms with Crippen LogP contribution in [-0.4, -0.2) is 51.6 Å². The lowest BCUT2D eigenvalue weighted by molar-refractivity contribution is -0.121. The first-order valence-corrected chi connectivity index (χ1v) is 5.05. The third kappa shape index (κ3) is 3.31. The molecule has 0 unspecified atom stereocenters. The molecule has 1 aromatic heterocycles. The Hall–Kier alpha value is -2.36. The van der Waals surface area contributed by atoms with Crippen molar-refractivity contribution >= 4 is 17.6 Å². The molecule has 0 bridgehead atoms. The van der Waals surface area contributed by atoms with Crippen LogP contribution < -0.4 is 16.4 Å². The zero-order valence-electron chi connectivity index (χ0n) is 9.62. The molecule has 0 aliphatic carbocycles. The van der Waals surface area contributed by atoms with Crippen molar-refractivity contribution in [3.05, 3.63) is 5.69 Å². The van der Waals surface area contributed by atoms with Crippen molar-refractivity contribution in [3.8, 4) is 0 Å². The van der Waals surface area contributed by atoms with Gasteiger partial charge in [0.1, 0.15) is 6.04 Å². The van der Waals surface area contributed by atoms with Crippen LogP contribution in [0.5, 0.6) is 0 Å². The van der Waals surface area contributed by atoms with Gasteiger partial charge in [-0.3, -0.25) is 4.79 Å². The van der Waals surface area contributed by atoms with Crippen molar-refractivity contribution in [2.45, 2.75) is 13.0 Å². The summed E-state index contributed by atoms with van der Waals surface area (Å²) in [6.45, 7) is 1.56. The van der Waals surface area contributed by atoms with E-state index in [1.165, 1.54) is 0 Å². The number of aromatic nitrogens is 2. The Morgan fingerprint density at radius 1 is 1.61 bits per heavy atom. The number of nitrogens with zero attached hydrogens (tertiary/aromatic N) is 3. The molecule has 1 amide bonds. The smallest absolute Gasteiger partial charge is 0.242 e. The second-order valence-corrected chi connectivity index (χ2v) is 3.33. The molecule has 18 heavy (non-hydrogen) atoms. The maximum absolute atomic E-state index is 11.5. The Labute approximate surface area is 102 Å². The number of hydrogen-bond acceptors (Lipinski definition) is 8. The highest BCUT2D eigenvalue weighted by molar-refractivity contribution is 5.99. The number of aliphatic hydroxyl groups excluding tert-OH is 1. The molecule has 100 valence electrons. The molecule has 0 spiro atoms. The summed E-state index contributed by atoms with van der Waals surface area (Å²) in [6.07, 6.45) is 0. The quantitative estimate of drug-likeness (QED) is 0.171. The van der Waals surface area contributed by atoms with E-state index in [1.807, 2.05) is 0 Å². The zero-order chi connectivity index (χ0) is 13.5. The number of carbonyl (C=O) groups excluding carboxylic acids is 1. The third-order valence-corrected chi connectivity index (χ3v) is 2.00. The van der Waals surface area contributed by atoms with E-state index in [0.717, 1.165) is 0 Å². The fourth-order valence-electron chi connectivity index (χ4n) is 1.10. The summed E-state index contributed by atoms with van der Waals surface area (Å²) in [6, 6.07) is -0.659. The summed E-state index contributed by atoms with van der Waals surface area (Å²) < 4.78 is 4.42. The topological polar surface area (TPSA) is 159 Å². The van der Waals surface area contributed by atoms with E-state index < -0.39 is 6.04 Å². The average molecular weight is 258 g/mol. The third-order valence-electron chi connectivity index (χ3n) is 2.00. The van der Waals surface area contributed by atoms with Gasteiger partial charge in [0.15, 0.2) is 11.5 Å². The molecular formula is C8H14N6O4. The summed E-state index contributed by atoms with van der Waals surface area (Å²) >= 11 is 0. The first kappa shape index (κ1) is 13.7. The first-order chi connectivity index (χ1) is 8.60. The molecule has 0 aliphatic rings. The van der Waals surface area contributed by atoms with Crippen LogP contribution in [0.15, 0.2) is 9.78 Å². The lowest BCUT2D eigenvalue weighted by Gasteiger charge is -2.12. The Bertz CT molecular complexity index is 431. The largest absolute Gasteiger partial charge is 0.409 e. The van der Waals surface area contributed by atoms with E-state index in [-0.39, 0.29) is 36.4 Å². The van der Waals surface area contributed by atoms with Gasteiger partial charge >= 0.3 is 0 Å². The maximum Gasteiger partial charge on any atom is 0.242 e. The van der Waals surface area contributed by atoms with E-state index in [2.05, 4.69) is 30.7 Å². The molecule has 0 fully saturated rings. The monoisotopic (exact) mass is 258 g/mol. The van der Waals surface area contributed by atoms with Crippen LogP contribution in [0.1, 0.15) is 12.6 Å². The van der Waals surface area contributed by atoms with Crippen LogP contribution in [0.2, 0.25) is 0 Å². The Kier molecular flexibility index (Phi) is 4.87. The highest BCUT2D eigenvalue weighted by atomic mass is 16.6. The van der Waals surface area contributed by atoms with Crippen molar-refractivity contribution in [1.29, 1.82) is 0 Å². The van der Waals surface area contributed by atoms with Gasteiger partial charge in [-0.25, -0.2) is 4.63 Å². The van der Waals surface area contributed by atoms with E-state index in [9.17, 15) is 4.79 Å². The lowest BCUT2D eigenvalue weighted by Crippen LogP contribution is -2.39. The zero-order valence-corrected chi connectivity index (χ0v) is 9.62. The molecule has 1 atom stereocenters. The molecule has 0 aliphatic heterocycles. The van der Waals surface area contributed by atoms with E-state index in [0.29, 0.717) is 0 Å². The number of amides is 1. The Balaban J connectivity index is 2.67. The van der Waals surface area contributed by atoms with Gasteiger partial charge in [-0.2, -0.15) is 0 Å². The predicted molar refractivity (Wildman–Crippen MR) is 60.0 cm³/mol. The summed E-state index contributed by atoms with van der Waals surface area (Å²) in [5.74, 6) is -0.559. The highest BCUT2D eigenvalue weighted by Crippen LogP contribution is 2.10. The summed E-state index contributed by atoms with van der Waals surface area (Å²) in [4.78, 5) is 11.5. The Morgan fingerprint density at radius 2 is 2.33 bits per heavy atom. The van der Waals surface area contributed by atoms with E-state index >= 15 is 0 Å². The molecule has 0 saturated heterocycles. The predicted octanol–water partition coefficient (Wildman–Crippen LogP) is -1.93. The number of carbonyl (C=O) groups is 1. The van der Waals surface area contributed by atoms with Crippen molar-refractivity contribution in [2.75, 3.05) is 18.5 Å². The van der Waals surface area contributed by atoms with Gasteiger partial charge in [0.25, 0.3) is 0 Å². The number of rotatable bonds is 6. The highest BCUT2D eigenvalue weighted by Gasteiger charge is 2.19. The minimum Gasteiger partial charge on any atom is -0.409 e. The van der Waals surface area contributed by atoms with Crippen molar-refractivity contribution in [1.82, 2.24) is 15.6 Å². The van der Waals surface area contributed by atoms with Gasteiger partial charge in [-0.05, 0) is 17.2 Å². The van der Waals surface area contributed by atoms with Crippen LogP contribution >= 0.6 is 0 Å². The minimum atomic E-state index is -0.659. The molecule has 10 nitrogen and oxygen atoms in total. The second kappa shape index (κ2) is 6.39. The summed E-state index contributed by atoms with van der Waals surface area (Å²) in [5.41, 5.74) is 5.33. The van der Waals surface area contributed by atoms with Gasteiger partial charge in [0.05, 0.1) is 6.61 Å². The minimum absolute atomic E-state index is 0.000641. The molecule has 0 radical (unpaired) electrons. The molecule has 10 heteroatoms. The lowest BCUT2D eigenvalue weighted by atomic mass is 10.3. The van der Waals surface area contributed by atoms with Crippen LogP contribution in [0, 0.1) is 0 Å². The van der Waals surface area contributed by atoms with Gasteiger partial charge in [0.2, 0.25) is 11.7 Å². The van der Waals surface area contributed by atoms with E-state index in [1.54, 1.807) is 6.92 Å². The number of nitrogens with two attached hydrogens (primary N) is 1. The number of anilines is 1. The van der Waals surface area contributed by atoms with E-state index in [4.69, 9.17) is 16.0 Å². The molecule has 1 heterocycles. The molecule has 0 aromatic carbocycles. The SMILES string of the molecule is C[C@H](Nc1nonc1/C(N)=N/O)C(=O)NCCO. The fraction of sp³-hybridized carbons (Fsp3) is 0.500. The van der Waals surface area contributed by atoms with Crippen molar-refractivity contribution < 1.29 is 19.7 Å². The molecule has 1 aromatic rings. The number of hydrogen-bond donors (Lipinski definition) is 5. The number of oxime groups is 1. The Morgan fingerprint density at radius 3 is 2.94 bits per heavy atom. The normalized spacial score (nSPS) is 13.1. The first-order valence-electron chi connectivity index (χ1n) is 5.05. The molecule has 0 saturated carbocycles. The van der Waals surface area contributed by atoms with Crippen LogP contribution in [0.25, 0.3) is 0 Å². The fourth-order valence-corrected chi connectivity index (χ4v) is 1.10. The van der Waals surface area contributed by atoms with Gasteiger partial charge < -0.3 is 26.7 Å². The molecule has 1 rings (SSSR count). The van der Waals surface area contributed by atoms with Crippen LogP contribution in [-0.2, 0) is 4.79 Å². The average Bonchev–Trinajstić information content (AvgIpc) is 2.82. The number of aliphatic hydroxyl groups is 1. The maximum atomic E-state index is 11.5. The van der Waals surface area contributed by atoms with Crippen LogP contribution in [0.3, 0.4) is 0 Å². The standard InChI is InChI=1S/C8H14N6O4/c1-4(8(16)10-2-3-15)11-7-5(6(9)12-17)13-18-14-7/h4,15,17H,2-3H2,1H3,(H2,9,12)(H,10,16)(H,11,14)/t4-/m0/s1. The number of amidine groups is 1. The van der Waals surface area contributed by atoms with Crippen LogP contribution in [0.4, 0.5) is 5.82 Å². The molecule has 6 N–H and O–H groups in total. The van der Waals surface area contributed by atoms with Gasteiger partial charge in [-0.1, -0.05) is 5.16 Å². The van der Waals surface area contributed by atoms with Crippen molar-refractivity contribution in [2.24, 2.45) is 10.9 Å². The molecular weight excluding hydrogens is 244 g/mol. The summed E-state index contributed by atoms with van der Waals surface area (Å²) in [7, 11) is 0. The second-order valence-electron chi connectivity index (χ2n) is 3.33. The summed E-state index contributed by atoms with van der Waals surface area (Å²) in [5, 5.41) is 31.9. The van der Waals surface area contributed by atoms with Gasteiger partial charge in [-0.15, -0.1) is 0 Å². The number of nitrogens with one attached hydrogen (secondary N) is 2.